The number of phenolic OH excluding ortho intramolecular Hbond substituents is 1. The average molecular weight is 438 g/mol. The Labute approximate surface area is 136 Å². The molecule has 0 spiro atoms. The van der Waals surface area contributed by atoms with E-state index in [4.69, 9.17) is 0 Å². The van der Waals surface area contributed by atoms with Crippen LogP contribution in [0.4, 0.5) is 0 Å². The van der Waals surface area contributed by atoms with Gasteiger partial charge >= 0.3 is 0 Å². The van der Waals surface area contributed by atoms with Crippen molar-refractivity contribution >= 4 is 21.8 Å². The van der Waals surface area contributed by atoms with Gasteiger partial charge in [-0.05, 0) is 30.7 Å². The van der Waals surface area contributed by atoms with Crippen molar-refractivity contribution in [2.45, 2.75) is 6.92 Å². The molecule has 3 heteroatoms. The van der Waals surface area contributed by atoms with E-state index in [9.17, 15) is 5.11 Å². The molecule has 1 aromatic heterocycles. The van der Waals surface area contributed by atoms with Gasteiger partial charge in [0, 0.05) is 67.4 Å². The van der Waals surface area contributed by atoms with E-state index in [0.717, 1.165) is 22.0 Å². The quantitative estimate of drug-likeness (QED) is 0.573. The van der Waals surface area contributed by atoms with E-state index in [-0.39, 0.29) is 44.1 Å². The van der Waals surface area contributed by atoms with Crippen LogP contribution >= 0.6 is 0 Å². The minimum absolute atomic E-state index is 0. The molecule has 2 aromatic carbocycles. The predicted octanol–water partition coefficient (Wildman–Crippen LogP) is 3.35. The number of hydrogen-bond donors (Lipinski definition) is 1. The molecule has 0 aliphatic carbocycles. The number of para-hydroxylation sites is 1. The number of phenols is 1. The largest absolute Gasteiger partial charge is 0.506 e. The maximum absolute atomic E-state index is 10.0. The van der Waals surface area contributed by atoms with E-state index in [1.807, 2.05) is 30.7 Å². The maximum atomic E-state index is 10.0. The Bertz CT molecular complexity index is 700. The van der Waals surface area contributed by atoms with Crippen molar-refractivity contribution < 1.29 is 49.2 Å². The molecule has 0 atom stereocenters. The van der Waals surface area contributed by atoms with Crippen LogP contribution in [0.15, 0.2) is 36.4 Å². The van der Waals surface area contributed by atoms with Crippen molar-refractivity contribution in [1.82, 2.24) is 4.57 Å². The molecule has 1 heterocycles. The molecule has 0 saturated heterocycles. The summed E-state index contributed by atoms with van der Waals surface area (Å²) in [5.74, 6) is 0.355. The van der Waals surface area contributed by atoms with Gasteiger partial charge in [-0.3, -0.25) is 0 Å². The fraction of sp³-hybridized carbons (Fsp3) is 0.143. The van der Waals surface area contributed by atoms with Gasteiger partial charge in [0.05, 0.1) is 5.52 Å². The zero-order chi connectivity index (χ0) is 11.3. The molecule has 3 rings (SSSR count). The molecule has 1 N–H and O–H groups in total. The van der Waals surface area contributed by atoms with Gasteiger partial charge in [0.15, 0.2) is 0 Å². The van der Waals surface area contributed by atoms with Gasteiger partial charge in [0.1, 0.15) is 5.75 Å². The van der Waals surface area contributed by atoms with Crippen LogP contribution in [0.25, 0.3) is 21.8 Å². The first-order valence-electron chi connectivity index (χ1n) is 5.35. The first-order valence-corrected chi connectivity index (χ1v) is 5.35. The summed E-state index contributed by atoms with van der Waals surface area (Å²) in [6.45, 7) is 2.00. The molecule has 83 valence electrons. The van der Waals surface area contributed by atoms with E-state index < -0.39 is 0 Å². The number of benzene rings is 2. The predicted molar refractivity (Wildman–Crippen MR) is 66.8 cm³/mol. The zero-order valence-corrected chi connectivity index (χ0v) is 14.7. The van der Waals surface area contributed by atoms with Crippen LogP contribution < -0.4 is 0 Å². The molecule has 0 amide bonds. The summed E-state index contributed by atoms with van der Waals surface area (Å²) >= 11 is 0. The second-order valence-corrected chi connectivity index (χ2v) is 4.26. The fourth-order valence-corrected chi connectivity index (χ4v) is 2.43. The molecule has 17 heavy (non-hydrogen) atoms. The summed E-state index contributed by atoms with van der Waals surface area (Å²) in [4.78, 5) is 0. The fourth-order valence-electron chi connectivity index (χ4n) is 2.43. The van der Waals surface area contributed by atoms with E-state index in [1.165, 1.54) is 5.39 Å². The van der Waals surface area contributed by atoms with Crippen molar-refractivity contribution in [3.8, 4) is 5.75 Å². The topological polar surface area (TPSA) is 25.2 Å². The molecular formula is C14H13AcNO. The zero-order valence-electron chi connectivity index (χ0n) is 9.94. The summed E-state index contributed by atoms with van der Waals surface area (Å²) in [5.41, 5.74) is 3.14. The first-order chi connectivity index (χ1) is 7.68. The molecule has 0 fully saturated rings. The Hall–Kier alpha value is -0.518. The summed E-state index contributed by atoms with van der Waals surface area (Å²) in [5, 5.41) is 12.3. The Balaban J connectivity index is 0.00000108. The number of hydrogen-bond acceptors (Lipinski definition) is 1. The van der Waals surface area contributed by atoms with Crippen molar-refractivity contribution in [2.75, 3.05) is 0 Å². The van der Waals surface area contributed by atoms with Gasteiger partial charge in [-0.25, -0.2) is 0 Å². The normalized spacial score (nSPS) is 10.7. The minimum atomic E-state index is 0. The molecular weight excluding hydrogens is 425 g/mol. The molecule has 3 aromatic rings. The third kappa shape index (κ3) is 1.90. The van der Waals surface area contributed by atoms with Crippen molar-refractivity contribution in [1.29, 1.82) is 0 Å². The van der Waals surface area contributed by atoms with Gasteiger partial charge in [-0.1, -0.05) is 18.2 Å². The Morgan fingerprint density at radius 1 is 1.06 bits per heavy atom. The van der Waals surface area contributed by atoms with Crippen LogP contribution in [0.3, 0.4) is 0 Å². The molecule has 1 radical (unpaired) electrons. The van der Waals surface area contributed by atoms with Gasteiger partial charge < -0.3 is 9.67 Å². The monoisotopic (exact) mass is 438 g/mol. The SMILES string of the molecule is Cc1cc(O)c2c(c1)c1ccccc1n2C.[Ac]. The molecule has 0 saturated carbocycles. The van der Waals surface area contributed by atoms with Gasteiger partial charge in [0.2, 0.25) is 0 Å². The first kappa shape index (κ1) is 12.9. The van der Waals surface area contributed by atoms with Crippen molar-refractivity contribution in [2.24, 2.45) is 7.05 Å². The summed E-state index contributed by atoms with van der Waals surface area (Å²) < 4.78 is 2.04. The van der Waals surface area contributed by atoms with Crippen LogP contribution in [0.2, 0.25) is 0 Å². The van der Waals surface area contributed by atoms with Gasteiger partial charge in [0.25, 0.3) is 0 Å². The van der Waals surface area contributed by atoms with Crippen LogP contribution in [-0.4, -0.2) is 9.67 Å². The van der Waals surface area contributed by atoms with Crippen molar-refractivity contribution in [3.05, 3.63) is 42.0 Å². The molecule has 0 unspecified atom stereocenters. The Kier molecular flexibility index (Phi) is 3.52. The van der Waals surface area contributed by atoms with E-state index in [2.05, 4.69) is 18.2 Å². The number of rotatable bonds is 0. The third-order valence-corrected chi connectivity index (χ3v) is 3.13. The number of aromatic nitrogens is 1. The Morgan fingerprint density at radius 3 is 2.53 bits per heavy atom. The van der Waals surface area contributed by atoms with Crippen LogP contribution in [-0.2, 0) is 7.05 Å². The smallest absolute Gasteiger partial charge is 0.140 e. The maximum Gasteiger partial charge on any atom is 0.140 e. The average Bonchev–Trinajstić information content (AvgIpc) is 2.54. The molecule has 2 nitrogen and oxygen atoms in total. The van der Waals surface area contributed by atoms with E-state index in [1.54, 1.807) is 6.07 Å². The van der Waals surface area contributed by atoms with E-state index >= 15 is 0 Å². The van der Waals surface area contributed by atoms with Crippen LogP contribution in [0.5, 0.6) is 5.75 Å². The second kappa shape index (κ2) is 4.63. The number of aryl methyl sites for hydroxylation is 2. The van der Waals surface area contributed by atoms with Gasteiger partial charge in [-0.15, -0.1) is 0 Å². The number of fused-ring (bicyclic) bond motifs is 3. The van der Waals surface area contributed by atoms with Crippen molar-refractivity contribution in [3.63, 3.8) is 0 Å². The Morgan fingerprint density at radius 2 is 1.76 bits per heavy atom. The minimum Gasteiger partial charge on any atom is -0.506 e. The molecule has 0 aliphatic rings. The summed E-state index contributed by atoms with van der Waals surface area (Å²) in [7, 11) is 1.99. The van der Waals surface area contributed by atoms with Gasteiger partial charge in [-0.2, -0.15) is 0 Å². The second-order valence-electron chi connectivity index (χ2n) is 4.26. The number of nitrogens with zero attached hydrogens (tertiary/aromatic N) is 1. The molecule has 0 bridgehead atoms. The van der Waals surface area contributed by atoms with E-state index in [0.29, 0.717) is 5.75 Å². The molecule has 0 aliphatic heterocycles. The summed E-state index contributed by atoms with van der Waals surface area (Å²) in [6, 6.07) is 12.1. The number of aromatic hydroxyl groups is 1. The summed E-state index contributed by atoms with van der Waals surface area (Å²) in [6.07, 6.45) is 0. The van der Waals surface area contributed by atoms with Crippen LogP contribution in [0, 0.1) is 51.0 Å². The van der Waals surface area contributed by atoms with Crippen LogP contribution in [0.1, 0.15) is 5.56 Å². The third-order valence-electron chi connectivity index (χ3n) is 3.13. The standard InChI is InChI=1S/C14H13NO.Ac/c1-9-7-11-10-5-3-4-6-12(10)15(2)14(11)13(16)8-9;/h3-8,16H,1-2H3;.